The van der Waals surface area contributed by atoms with E-state index >= 15 is 0 Å². The molecule has 0 amide bonds. The Kier molecular flexibility index (Phi) is 4.92. The highest BCUT2D eigenvalue weighted by molar-refractivity contribution is 5.99. The number of phenols is 1. The van der Waals surface area contributed by atoms with Crippen LogP contribution >= 0.6 is 0 Å². The maximum Gasteiger partial charge on any atom is 0.115 e. The largest absolute Gasteiger partial charge is 0.508 e. The summed E-state index contributed by atoms with van der Waals surface area (Å²) < 4.78 is 0. The molecule has 0 aromatic heterocycles. The summed E-state index contributed by atoms with van der Waals surface area (Å²) >= 11 is 0. The molecule has 3 rings (SSSR count). The van der Waals surface area contributed by atoms with E-state index in [9.17, 15) is 5.11 Å². The van der Waals surface area contributed by atoms with E-state index in [0.29, 0.717) is 6.54 Å². The minimum atomic E-state index is 0.260. The van der Waals surface area contributed by atoms with Gasteiger partial charge in [0.15, 0.2) is 0 Å². The van der Waals surface area contributed by atoms with Crippen LogP contribution < -0.4 is 5.01 Å². The Morgan fingerprint density at radius 2 is 1.42 bits per heavy atom. The van der Waals surface area contributed by atoms with Gasteiger partial charge in [-0.05, 0) is 54.4 Å². The smallest absolute Gasteiger partial charge is 0.115 e. The van der Waals surface area contributed by atoms with Crippen molar-refractivity contribution in [3.63, 3.8) is 0 Å². The fraction of sp³-hybridized carbons (Fsp3) is 0.0952. The summed E-state index contributed by atoms with van der Waals surface area (Å²) in [4.78, 5) is 0. The van der Waals surface area contributed by atoms with E-state index in [4.69, 9.17) is 5.10 Å². The molecule has 3 heteroatoms. The highest BCUT2D eigenvalue weighted by Crippen LogP contribution is 2.19. The summed E-state index contributed by atoms with van der Waals surface area (Å²) in [6.45, 7) is 2.67. The fourth-order valence-corrected chi connectivity index (χ4v) is 2.48. The predicted octanol–water partition coefficient (Wildman–Crippen LogP) is 4.82. The average molecular weight is 316 g/mol. The second-order valence-electron chi connectivity index (χ2n) is 5.61. The first-order chi connectivity index (χ1) is 11.7. The summed E-state index contributed by atoms with van der Waals surface area (Å²) in [5.41, 5.74) is 4.12. The SMILES string of the molecule is C/C(=N\N(Cc1ccccc1)c1ccccc1)c1ccc(O)cc1. The van der Waals surface area contributed by atoms with Crippen LogP contribution in [0.4, 0.5) is 5.69 Å². The first-order valence-electron chi connectivity index (χ1n) is 7.93. The molecule has 0 spiro atoms. The number of aromatic hydroxyl groups is 1. The van der Waals surface area contributed by atoms with Gasteiger partial charge in [0.1, 0.15) is 5.75 Å². The molecular weight excluding hydrogens is 296 g/mol. The van der Waals surface area contributed by atoms with Gasteiger partial charge in [0.25, 0.3) is 0 Å². The lowest BCUT2D eigenvalue weighted by Gasteiger charge is -2.20. The van der Waals surface area contributed by atoms with Gasteiger partial charge < -0.3 is 5.11 Å². The Hall–Kier alpha value is -3.07. The van der Waals surface area contributed by atoms with E-state index in [2.05, 4.69) is 24.3 Å². The number of hydrazone groups is 1. The van der Waals surface area contributed by atoms with E-state index in [1.165, 1.54) is 5.56 Å². The summed E-state index contributed by atoms with van der Waals surface area (Å²) in [5.74, 6) is 0.260. The third-order valence-electron chi connectivity index (χ3n) is 3.79. The molecule has 0 aliphatic carbocycles. The van der Waals surface area contributed by atoms with Crippen LogP contribution in [-0.2, 0) is 6.54 Å². The van der Waals surface area contributed by atoms with E-state index < -0.39 is 0 Å². The fourth-order valence-electron chi connectivity index (χ4n) is 2.48. The van der Waals surface area contributed by atoms with Gasteiger partial charge in [0, 0.05) is 0 Å². The Balaban J connectivity index is 1.92. The van der Waals surface area contributed by atoms with Gasteiger partial charge in [-0.1, -0.05) is 48.5 Å². The molecule has 0 fully saturated rings. The summed E-state index contributed by atoms with van der Waals surface area (Å²) in [7, 11) is 0. The summed E-state index contributed by atoms with van der Waals surface area (Å²) in [6.07, 6.45) is 0. The molecule has 0 atom stereocenters. The highest BCUT2D eigenvalue weighted by atomic mass is 16.3. The van der Waals surface area contributed by atoms with Crippen LogP contribution in [0.15, 0.2) is 90.0 Å². The molecule has 3 aromatic carbocycles. The Morgan fingerprint density at radius 3 is 2.04 bits per heavy atom. The standard InChI is InChI=1S/C21H20N2O/c1-17(19-12-14-21(24)15-13-19)22-23(20-10-6-3-7-11-20)16-18-8-4-2-5-9-18/h2-15,24H,16H2,1H3/b22-17+. The molecule has 0 bridgehead atoms. The summed E-state index contributed by atoms with van der Waals surface area (Å²) in [6, 6.07) is 27.5. The minimum absolute atomic E-state index is 0.260. The van der Waals surface area contributed by atoms with Crippen LogP contribution in [0.2, 0.25) is 0 Å². The van der Waals surface area contributed by atoms with Crippen molar-refractivity contribution < 1.29 is 5.11 Å². The number of para-hydroxylation sites is 1. The van der Waals surface area contributed by atoms with Crippen LogP contribution in [-0.4, -0.2) is 10.8 Å². The van der Waals surface area contributed by atoms with Gasteiger partial charge in [0.05, 0.1) is 17.9 Å². The zero-order chi connectivity index (χ0) is 16.8. The van der Waals surface area contributed by atoms with Crippen molar-refractivity contribution in [3.8, 4) is 5.75 Å². The topological polar surface area (TPSA) is 35.8 Å². The van der Waals surface area contributed by atoms with Crippen LogP contribution in [0.25, 0.3) is 0 Å². The number of nitrogens with zero attached hydrogens (tertiary/aromatic N) is 2. The normalized spacial score (nSPS) is 11.3. The van der Waals surface area contributed by atoms with Crippen molar-refractivity contribution in [3.05, 3.63) is 96.1 Å². The quantitative estimate of drug-likeness (QED) is 0.541. The molecule has 24 heavy (non-hydrogen) atoms. The van der Waals surface area contributed by atoms with Gasteiger partial charge >= 0.3 is 0 Å². The molecule has 0 heterocycles. The molecule has 0 unspecified atom stereocenters. The predicted molar refractivity (Wildman–Crippen MR) is 99.4 cm³/mol. The van der Waals surface area contributed by atoms with Crippen molar-refractivity contribution in [1.29, 1.82) is 0 Å². The van der Waals surface area contributed by atoms with Gasteiger partial charge in [0.2, 0.25) is 0 Å². The minimum Gasteiger partial charge on any atom is -0.508 e. The molecule has 0 aliphatic rings. The molecule has 0 radical (unpaired) electrons. The van der Waals surface area contributed by atoms with Gasteiger partial charge in [-0.2, -0.15) is 5.10 Å². The zero-order valence-corrected chi connectivity index (χ0v) is 13.6. The molecule has 0 aliphatic heterocycles. The lowest BCUT2D eigenvalue weighted by atomic mass is 10.1. The monoisotopic (exact) mass is 316 g/mol. The van der Waals surface area contributed by atoms with Crippen molar-refractivity contribution in [2.24, 2.45) is 5.10 Å². The van der Waals surface area contributed by atoms with Crippen LogP contribution in [0.3, 0.4) is 0 Å². The summed E-state index contributed by atoms with van der Waals surface area (Å²) in [5, 5.41) is 16.3. The third kappa shape index (κ3) is 4.02. The molecule has 1 N–H and O–H groups in total. The highest BCUT2D eigenvalue weighted by Gasteiger charge is 2.07. The maximum absolute atomic E-state index is 9.44. The number of rotatable bonds is 5. The van der Waals surface area contributed by atoms with Crippen LogP contribution in [0.5, 0.6) is 5.75 Å². The van der Waals surface area contributed by atoms with Crippen LogP contribution in [0, 0.1) is 0 Å². The molecular formula is C21H20N2O. The molecule has 0 saturated heterocycles. The second-order valence-corrected chi connectivity index (χ2v) is 5.61. The Bertz CT molecular complexity index is 796. The number of hydrogen-bond donors (Lipinski definition) is 1. The van der Waals surface area contributed by atoms with Crippen molar-refractivity contribution in [1.82, 2.24) is 0 Å². The number of benzene rings is 3. The number of phenolic OH excluding ortho intramolecular Hbond substituents is 1. The van der Waals surface area contributed by atoms with Crippen molar-refractivity contribution in [2.45, 2.75) is 13.5 Å². The second kappa shape index (κ2) is 7.47. The van der Waals surface area contributed by atoms with E-state index in [1.54, 1.807) is 12.1 Å². The molecule has 0 saturated carbocycles. The molecule has 120 valence electrons. The van der Waals surface area contributed by atoms with E-state index in [0.717, 1.165) is 17.0 Å². The van der Waals surface area contributed by atoms with Gasteiger partial charge in [-0.3, -0.25) is 5.01 Å². The molecule has 3 aromatic rings. The maximum atomic E-state index is 9.44. The first kappa shape index (κ1) is 15.8. The lowest BCUT2D eigenvalue weighted by Crippen LogP contribution is -2.18. The van der Waals surface area contributed by atoms with Gasteiger partial charge in [-0.15, -0.1) is 0 Å². The molecule has 3 nitrogen and oxygen atoms in total. The zero-order valence-electron chi connectivity index (χ0n) is 13.6. The number of anilines is 1. The van der Waals surface area contributed by atoms with Gasteiger partial charge in [-0.25, -0.2) is 0 Å². The average Bonchev–Trinajstić information content (AvgIpc) is 2.63. The van der Waals surface area contributed by atoms with Crippen molar-refractivity contribution in [2.75, 3.05) is 5.01 Å². The van der Waals surface area contributed by atoms with Crippen LogP contribution in [0.1, 0.15) is 18.1 Å². The lowest BCUT2D eigenvalue weighted by molar-refractivity contribution is 0.475. The Morgan fingerprint density at radius 1 is 0.833 bits per heavy atom. The van der Waals surface area contributed by atoms with Crippen molar-refractivity contribution >= 4 is 11.4 Å². The Labute approximate surface area is 142 Å². The van der Waals surface area contributed by atoms with E-state index in [-0.39, 0.29) is 5.75 Å². The number of hydrogen-bond acceptors (Lipinski definition) is 3. The first-order valence-corrected chi connectivity index (χ1v) is 7.93. The third-order valence-corrected chi connectivity index (χ3v) is 3.79. The van der Waals surface area contributed by atoms with E-state index in [1.807, 2.05) is 60.5 Å².